The molecule has 0 aliphatic heterocycles. The number of hydrogen-bond acceptors (Lipinski definition) is 6. The van der Waals surface area contributed by atoms with Gasteiger partial charge in [0.05, 0.1) is 47.7 Å². The summed E-state index contributed by atoms with van der Waals surface area (Å²) in [7, 11) is 5.11. The number of hydrogen-bond donors (Lipinski definition) is 0. The molecule has 1 aromatic carbocycles. The summed E-state index contributed by atoms with van der Waals surface area (Å²) >= 11 is 0. The Morgan fingerprint density at radius 3 is 2.41 bits per heavy atom. The summed E-state index contributed by atoms with van der Waals surface area (Å²) in [6.07, 6.45) is 10.3. The number of carbonyl (C=O) groups is 1. The largest absolute Gasteiger partial charge is 0.469 e. The summed E-state index contributed by atoms with van der Waals surface area (Å²) in [6, 6.07) is 10.2. The van der Waals surface area contributed by atoms with Crippen molar-refractivity contribution in [3.63, 3.8) is 0 Å². The molecule has 9 nitrogen and oxygen atoms in total. The number of esters is 1. The van der Waals surface area contributed by atoms with Gasteiger partial charge in [-0.3, -0.25) is 28.6 Å². The van der Waals surface area contributed by atoms with Crippen LogP contribution in [0.5, 0.6) is 0 Å². The van der Waals surface area contributed by atoms with E-state index in [9.17, 15) is 9.59 Å². The molecular weight excluding hydrogens is 468 g/mol. The lowest BCUT2D eigenvalue weighted by molar-refractivity contribution is -0.146. The van der Waals surface area contributed by atoms with Gasteiger partial charge in [-0.15, -0.1) is 0 Å². The van der Waals surface area contributed by atoms with E-state index in [-0.39, 0.29) is 23.6 Å². The van der Waals surface area contributed by atoms with Crippen LogP contribution in [0.4, 0.5) is 0 Å². The molecule has 1 aliphatic rings. The minimum absolute atomic E-state index is 0.0202. The molecule has 6 rings (SSSR count). The Morgan fingerprint density at radius 2 is 1.73 bits per heavy atom. The van der Waals surface area contributed by atoms with Gasteiger partial charge in [0.1, 0.15) is 0 Å². The third-order valence-corrected chi connectivity index (χ3v) is 7.61. The Labute approximate surface area is 213 Å². The fourth-order valence-corrected chi connectivity index (χ4v) is 5.57. The maximum atomic E-state index is 13.4. The summed E-state index contributed by atoms with van der Waals surface area (Å²) in [6.45, 7) is 0. The van der Waals surface area contributed by atoms with Crippen LogP contribution in [-0.4, -0.2) is 42.0 Å². The number of pyridine rings is 2. The van der Waals surface area contributed by atoms with E-state index in [4.69, 9.17) is 4.74 Å². The Kier molecular flexibility index (Phi) is 5.62. The zero-order chi connectivity index (χ0) is 25.7. The average molecular weight is 497 g/mol. The van der Waals surface area contributed by atoms with Crippen LogP contribution in [-0.2, 0) is 23.6 Å². The van der Waals surface area contributed by atoms with Gasteiger partial charge in [0, 0.05) is 49.0 Å². The average Bonchev–Trinajstić information content (AvgIpc) is 3.49. The SMILES string of the molecule is COC(=O)[C@H]1CC[C@@H](n2c(=O)n(C)c3cnc4ccc(-c5ccc(-c6cnn(C)c6)nc5)cc4c32)CC1. The van der Waals surface area contributed by atoms with Gasteiger partial charge in [0.15, 0.2) is 0 Å². The van der Waals surface area contributed by atoms with Gasteiger partial charge < -0.3 is 4.74 Å². The third kappa shape index (κ3) is 3.91. The molecule has 0 atom stereocenters. The topological polar surface area (TPSA) is 96.8 Å². The van der Waals surface area contributed by atoms with Crippen molar-refractivity contribution in [2.24, 2.45) is 20.0 Å². The van der Waals surface area contributed by atoms with Crippen molar-refractivity contribution < 1.29 is 9.53 Å². The van der Waals surface area contributed by atoms with E-state index in [2.05, 4.69) is 27.2 Å². The highest BCUT2D eigenvalue weighted by Gasteiger charge is 2.30. The predicted molar refractivity (Wildman–Crippen MR) is 141 cm³/mol. The lowest BCUT2D eigenvalue weighted by atomic mass is 9.86. The van der Waals surface area contributed by atoms with E-state index in [0.29, 0.717) is 12.8 Å². The number of carbonyl (C=O) groups excluding carboxylic acids is 1. The number of nitrogens with zero attached hydrogens (tertiary/aromatic N) is 6. The van der Waals surface area contributed by atoms with Crippen molar-refractivity contribution in [2.45, 2.75) is 31.7 Å². The van der Waals surface area contributed by atoms with Crippen molar-refractivity contribution in [1.29, 1.82) is 0 Å². The summed E-state index contributed by atoms with van der Waals surface area (Å²) < 4.78 is 10.3. The quantitative estimate of drug-likeness (QED) is 0.345. The molecule has 0 radical (unpaired) electrons. The van der Waals surface area contributed by atoms with E-state index in [1.54, 1.807) is 28.7 Å². The van der Waals surface area contributed by atoms with Crippen LogP contribution in [0, 0.1) is 5.92 Å². The van der Waals surface area contributed by atoms with Crippen molar-refractivity contribution in [1.82, 2.24) is 28.9 Å². The molecule has 0 unspecified atom stereocenters. The number of aryl methyl sites for hydroxylation is 2. The summed E-state index contributed by atoms with van der Waals surface area (Å²) in [5.41, 5.74) is 6.28. The maximum absolute atomic E-state index is 13.4. The molecule has 4 aromatic heterocycles. The number of benzene rings is 1. The lowest BCUT2D eigenvalue weighted by Gasteiger charge is -2.28. The second-order valence-corrected chi connectivity index (χ2v) is 9.80. The van der Waals surface area contributed by atoms with Crippen molar-refractivity contribution in [3.8, 4) is 22.4 Å². The number of methoxy groups -OCH3 is 1. The van der Waals surface area contributed by atoms with Gasteiger partial charge in [-0.1, -0.05) is 12.1 Å². The number of fused-ring (bicyclic) bond motifs is 3. The Balaban J connectivity index is 1.42. The van der Waals surface area contributed by atoms with Crippen LogP contribution in [0.2, 0.25) is 0 Å². The first-order valence-corrected chi connectivity index (χ1v) is 12.5. The summed E-state index contributed by atoms with van der Waals surface area (Å²) in [5.74, 6) is -0.259. The van der Waals surface area contributed by atoms with Gasteiger partial charge in [-0.2, -0.15) is 5.10 Å². The fraction of sp³-hybridized carbons (Fsp3) is 0.321. The molecule has 188 valence electrons. The molecule has 5 aromatic rings. The van der Waals surface area contributed by atoms with Gasteiger partial charge in [0.2, 0.25) is 0 Å². The lowest BCUT2D eigenvalue weighted by Crippen LogP contribution is -2.30. The van der Waals surface area contributed by atoms with Crippen molar-refractivity contribution >= 4 is 27.9 Å². The molecular formula is C28H28N6O3. The monoisotopic (exact) mass is 496 g/mol. The molecule has 0 bridgehead atoms. The Bertz CT molecular complexity index is 1690. The number of ether oxygens (including phenoxy) is 1. The standard InChI is InChI=1S/C28H28N6O3/c1-32-16-20(14-31-32)23-10-7-19(13-29-23)18-6-11-24-22(12-18)26-25(15-30-24)33(2)28(36)34(26)21-8-4-17(5-9-21)27(35)37-3/h6-7,10-17,21H,4-5,8-9H2,1-3H3/t17-,21+. The van der Waals surface area contributed by atoms with Crippen LogP contribution in [0.25, 0.3) is 44.3 Å². The molecule has 0 spiro atoms. The first-order valence-electron chi connectivity index (χ1n) is 12.5. The molecule has 9 heteroatoms. The Morgan fingerprint density at radius 1 is 0.946 bits per heavy atom. The maximum Gasteiger partial charge on any atom is 0.329 e. The molecule has 37 heavy (non-hydrogen) atoms. The number of imidazole rings is 1. The van der Waals surface area contributed by atoms with Crippen LogP contribution >= 0.6 is 0 Å². The Hall–Kier alpha value is -4.27. The zero-order valence-electron chi connectivity index (χ0n) is 21.1. The van der Waals surface area contributed by atoms with Crippen LogP contribution in [0.1, 0.15) is 31.7 Å². The highest BCUT2D eigenvalue weighted by Crippen LogP contribution is 2.36. The van der Waals surface area contributed by atoms with Crippen LogP contribution < -0.4 is 5.69 Å². The zero-order valence-corrected chi connectivity index (χ0v) is 21.1. The smallest absolute Gasteiger partial charge is 0.329 e. The highest BCUT2D eigenvalue weighted by molar-refractivity contribution is 6.04. The molecule has 0 N–H and O–H groups in total. The van der Waals surface area contributed by atoms with E-state index in [0.717, 1.165) is 57.2 Å². The second kappa shape index (κ2) is 8.99. The minimum atomic E-state index is -0.161. The minimum Gasteiger partial charge on any atom is -0.469 e. The second-order valence-electron chi connectivity index (χ2n) is 9.80. The van der Waals surface area contributed by atoms with Gasteiger partial charge >= 0.3 is 11.7 Å². The normalized spacial score (nSPS) is 17.9. The van der Waals surface area contributed by atoms with Gasteiger partial charge in [0.25, 0.3) is 0 Å². The fourth-order valence-electron chi connectivity index (χ4n) is 5.57. The molecule has 4 heterocycles. The van der Waals surface area contributed by atoms with Crippen LogP contribution in [0.3, 0.4) is 0 Å². The first-order chi connectivity index (χ1) is 17.9. The van der Waals surface area contributed by atoms with E-state index in [1.165, 1.54) is 7.11 Å². The van der Waals surface area contributed by atoms with E-state index in [1.807, 2.05) is 42.2 Å². The van der Waals surface area contributed by atoms with Gasteiger partial charge in [-0.25, -0.2) is 4.79 Å². The molecule has 1 aliphatic carbocycles. The molecule has 1 saturated carbocycles. The predicted octanol–water partition coefficient (Wildman–Crippen LogP) is 4.26. The number of aromatic nitrogens is 6. The third-order valence-electron chi connectivity index (χ3n) is 7.61. The van der Waals surface area contributed by atoms with Crippen molar-refractivity contribution in [3.05, 3.63) is 65.6 Å². The van der Waals surface area contributed by atoms with E-state index < -0.39 is 0 Å². The highest BCUT2D eigenvalue weighted by atomic mass is 16.5. The molecule has 0 amide bonds. The molecule has 1 fully saturated rings. The van der Waals surface area contributed by atoms with Crippen molar-refractivity contribution in [2.75, 3.05) is 7.11 Å². The number of rotatable bonds is 4. The summed E-state index contributed by atoms with van der Waals surface area (Å²) in [5, 5.41) is 5.16. The summed E-state index contributed by atoms with van der Waals surface area (Å²) in [4.78, 5) is 34.8. The molecule has 0 saturated heterocycles. The van der Waals surface area contributed by atoms with Crippen LogP contribution in [0.15, 0.2) is 59.9 Å². The first kappa shape index (κ1) is 23.1. The van der Waals surface area contributed by atoms with E-state index >= 15 is 0 Å². The van der Waals surface area contributed by atoms with Gasteiger partial charge in [-0.05, 0) is 49.4 Å².